The monoisotopic (exact) mass is 535 g/mol. The zero-order chi connectivity index (χ0) is 29.4. The van der Waals surface area contributed by atoms with Gasteiger partial charge in [-0.25, -0.2) is 0 Å². The maximum absolute atomic E-state index is 4.38. The first-order valence-electron chi connectivity index (χ1n) is 16.2. The molecule has 0 spiro atoms. The molecule has 0 aromatic heterocycles. The summed E-state index contributed by atoms with van der Waals surface area (Å²) in [6, 6.07) is 1.39. The van der Waals surface area contributed by atoms with E-state index in [1.807, 2.05) is 0 Å². The van der Waals surface area contributed by atoms with Gasteiger partial charge in [-0.1, -0.05) is 75.2 Å². The normalized spacial score (nSPS) is 26.3. The Morgan fingerprint density at radius 2 is 1.18 bits per heavy atom. The molecule has 0 radical (unpaired) electrons. The lowest BCUT2D eigenvalue weighted by molar-refractivity contribution is -0.942. The molecule has 2 unspecified atom stereocenters. The van der Waals surface area contributed by atoms with Crippen molar-refractivity contribution in [3.05, 3.63) is 0 Å². The highest BCUT2D eigenvalue weighted by molar-refractivity contribution is 5.60. The topological polar surface area (TPSA) is 15.6 Å². The Balaban J connectivity index is 0.000000254. The number of hydrogen-bond acceptors (Lipinski definition) is 2. The molecule has 0 bridgehead atoms. The highest BCUT2D eigenvalue weighted by Crippen LogP contribution is 2.38. The summed E-state index contributed by atoms with van der Waals surface area (Å²) < 4.78 is 1.27. The largest absolute Gasteiger partial charge is 0.322 e. The van der Waals surface area contributed by atoms with E-state index < -0.39 is 0 Å². The molecule has 0 aromatic rings. The van der Waals surface area contributed by atoms with E-state index in [9.17, 15) is 0 Å². The van der Waals surface area contributed by atoms with Crippen LogP contribution in [0.2, 0.25) is 0 Å². The zero-order valence-corrected chi connectivity index (χ0v) is 28.8. The van der Waals surface area contributed by atoms with E-state index in [1.165, 1.54) is 88.3 Å². The van der Waals surface area contributed by atoms with Crippen LogP contribution >= 0.6 is 0 Å². The lowest BCUT2D eigenvalue weighted by Gasteiger charge is -2.42. The lowest BCUT2D eigenvalue weighted by Crippen LogP contribution is -2.55. The standard InChI is InChI=1S/C9H20N.C9H19N.C9H18.C8H15N/c1-9(2,3)10(4)7-5-6-8-10;1-9(2,3)8-6-5-7-10(8)4;1-9(2,3)8-6-4-5-7-8;1-8(2,3)7-5-4-6-9-7/h5-8H2,1-4H3;8H,5-7H2,1-4H3;8H,4-7H2,1-3H3;6-7H,4-5H2,1-3H3/q+1;;;. The van der Waals surface area contributed by atoms with Crippen LogP contribution in [0.15, 0.2) is 4.99 Å². The van der Waals surface area contributed by atoms with E-state index in [0.717, 1.165) is 12.0 Å². The zero-order valence-electron chi connectivity index (χ0n) is 28.8. The Morgan fingerprint density at radius 3 is 1.39 bits per heavy atom. The van der Waals surface area contributed by atoms with Crippen LogP contribution in [0.3, 0.4) is 0 Å². The fraction of sp³-hybridized carbons (Fsp3) is 0.971. The van der Waals surface area contributed by atoms with Gasteiger partial charge in [-0.3, -0.25) is 4.99 Å². The second kappa shape index (κ2) is 14.5. The van der Waals surface area contributed by atoms with Crippen LogP contribution in [-0.2, 0) is 0 Å². The molecule has 3 heterocycles. The van der Waals surface area contributed by atoms with E-state index in [0.29, 0.717) is 27.8 Å². The summed E-state index contributed by atoms with van der Waals surface area (Å²) in [4.78, 5) is 6.87. The molecule has 3 heteroatoms. The summed E-state index contributed by atoms with van der Waals surface area (Å²) in [5.41, 5.74) is 1.89. The molecule has 38 heavy (non-hydrogen) atoms. The lowest BCUT2D eigenvalue weighted by atomic mass is 9.80. The van der Waals surface area contributed by atoms with Gasteiger partial charge in [0, 0.05) is 18.9 Å². The summed E-state index contributed by atoms with van der Waals surface area (Å²) >= 11 is 0. The Labute approximate surface area is 241 Å². The molecule has 0 aromatic carbocycles. The van der Waals surface area contributed by atoms with Crippen molar-refractivity contribution < 1.29 is 4.48 Å². The van der Waals surface area contributed by atoms with Crippen LogP contribution in [0.1, 0.15) is 147 Å². The van der Waals surface area contributed by atoms with Gasteiger partial charge in [0.1, 0.15) is 0 Å². The third kappa shape index (κ3) is 12.0. The third-order valence-electron chi connectivity index (χ3n) is 10.1. The van der Waals surface area contributed by atoms with Crippen LogP contribution in [0.25, 0.3) is 0 Å². The van der Waals surface area contributed by atoms with Crippen molar-refractivity contribution in [2.24, 2.45) is 27.2 Å². The fourth-order valence-corrected chi connectivity index (χ4v) is 6.67. The Hall–Kier alpha value is -0.410. The van der Waals surface area contributed by atoms with Crippen LogP contribution in [0, 0.1) is 22.2 Å². The number of aliphatic imine (C=N–C) groups is 1. The van der Waals surface area contributed by atoms with Crippen molar-refractivity contribution >= 4 is 6.21 Å². The quantitative estimate of drug-likeness (QED) is 0.282. The van der Waals surface area contributed by atoms with Crippen molar-refractivity contribution in [3.63, 3.8) is 0 Å². The number of likely N-dealkylation sites (tertiary alicyclic amines) is 2. The summed E-state index contributed by atoms with van der Waals surface area (Å²) in [7, 11) is 4.62. The van der Waals surface area contributed by atoms with Gasteiger partial charge in [-0.2, -0.15) is 0 Å². The molecule has 1 aliphatic carbocycles. The van der Waals surface area contributed by atoms with Gasteiger partial charge in [0.25, 0.3) is 0 Å². The molecule has 226 valence electrons. The number of hydrogen-bond donors (Lipinski definition) is 0. The van der Waals surface area contributed by atoms with Crippen LogP contribution in [0.4, 0.5) is 0 Å². The Morgan fingerprint density at radius 1 is 0.658 bits per heavy atom. The molecular formula is C35H72N3+. The minimum Gasteiger partial charge on any atom is -0.322 e. The van der Waals surface area contributed by atoms with Gasteiger partial charge in [-0.05, 0) is 101 Å². The highest BCUT2D eigenvalue weighted by Gasteiger charge is 2.38. The Bertz CT molecular complexity index is 668. The highest BCUT2D eigenvalue weighted by atomic mass is 15.4. The molecule has 3 nitrogen and oxygen atoms in total. The molecule has 2 saturated heterocycles. The average molecular weight is 535 g/mol. The van der Waals surface area contributed by atoms with Gasteiger partial charge in [0.05, 0.1) is 31.7 Å². The van der Waals surface area contributed by atoms with Gasteiger partial charge in [-0.15, -0.1) is 0 Å². The van der Waals surface area contributed by atoms with E-state index in [1.54, 1.807) is 0 Å². The summed E-state index contributed by atoms with van der Waals surface area (Å²) in [6.07, 6.45) is 16.0. The molecule has 1 saturated carbocycles. The van der Waals surface area contributed by atoms with E-state index in [-0.39, 0.29) is 0 Å². The minimum absolute atomic E-state index is 0.382. The molecule has 3 fully saturated rings. The van der Waals surface area contributed by atoms with Gasteiger partial charge < -0.3 is 9.38 Å². The SMILES string of the molecule is CC(C)(C)C1CCC=N1.CC(C)(C)C1CCCC1.CC(C)(C)[N+]1(C)CCCC1.CN1CCCC1C(C)(C)C. The Kier molecular flexibility index (Phi) is 13.6. The van der Waals surface area contributed by atoms with Crippen molar-refractivity contribution in [3.8, 4) is 0 Å². The molecule has 4 aliphatic rings. The first kappa shape index (κ1) is 35.6. The second-order valence-electron chi connectivity index (χ2n) is 17.4. The van der Waals surface area contributed by atoms with Gasteiger partial charge in [0.15, 0.2) is 0 Å². The van der Waals surface area contributed by atoms with Crippen LogP contribution in [-0.4, -0.2) is 66.9 Å². The number of rotatable bonds is 0. The van der Waals surface area contributed by atoms with E-state index >= 15 is 0 Å². The minimum atomic E-state index is 0.382. The number of nitrogens with zero attached hydrogens (tertiary/aromatic N) is 3. The fourth-order valence-electron chi connectivity index (χ4n) is 6.67. The maximum Gasteiger partial charge on any atom is 0.0905 e. The van der Waals surface area contributed by atoms with Crippen molar-refractivity contribution in [1.82, 2.24) is 4.90 Å². The summed E-state index contributed by atoms with van der Waals surface area (Å²) in [5, 5.41) is 0. The van der Waals surface area contributed by atoms with Crippen LogP contribution in [0.5, 0.6) is 0 Å². The molecule has 4 rings (SSSR count). The average Bonchev–Trinajstić information content (AvgIpc) is 3.54. The summed E-state index contributed by atoms with van der Waals surface area (Å²) in [5.74, 6) is 1.01. The second-order valence-corrected chi connectivity index (χ2v) is 17.4. The molecule has 0 amide bonds. The van der Waals surface area contributed by atoms with Gasteiger partial charge >= 0.3 is 0 Å². The first-order valence-corrected chi connectivity index (χ1v) is 16.2. The van der Waals surface area contributed by atoms with Gasteiger partial charge in [0.2, 0.25) is 0 Å². The van der Waals surface area contributed by atoms with Crippen molar-refractivity contribution in [1.29, 1.82) is 0 Å². The van der Waals surface area contributed by atoms with E-state index in [2.05, 4.69) is 113 Å². The third-order valence-corrected chi connectivity index (χ3v) is 10.1. The molecule has 0 N–H and O–H groups in total. The predicted molar refractivity (Wildman–Crippen MR) is 172 cm³/mol. The van der Waals surface area contributed by atoms with Crippen molar-refractivity contribution in [2.45, 2.75) is 165 Å². The molecular weight excluding hydrogens is 462 g/mol. The number of quaternary nitrogens is 1. The first-order chi connectivity index (χ1) is 17.2. The molecule has 3 aliphatic heterocycles. The smallest absolute Gasteiger partial charge is 0.0905 e. The molecule has 2 atom stereocenters. The maximum atomic E-state index is 4.38. The van der Waals surface area contributed by atoms with Crippen LogP contribution < -0.4 is 0 Å². The van der Waals surface area contributed by atoms with E-state index in [4.69, 9.17) is 0 Å². The van der Waals surface area contributed by atoms with Crippen molar-refractivity contribution in [2.75, 3.05) is 33.7 Å². The predicted octanol–water partition coefficient (Wildman–Crippen LogP) is 9.64. The summed E-state index contributed by atoms with van der Waals surface area (Å²) in [6.45, 7) is 31.9.